The van der Waals surface area contributed by atoms with Crippen molar-refractivity contribution in [1.29, 1.82) is 0 Å². The van der Waals surface area contributed by atoms with E-state index in [1.54, 1.807) is 42.1 Å². The zero-order chi connectivity index (χ0) is 25.1. The molecular weight excluding hydrogens is 484 g/mol. The van der Waals surface area contributed by atoms with E-state index in [0.29, 0.717) is 23.7 Å². The molecule has 1 N–H and O–H groups in total. The van der Waals surface area contributed by atoms with Gasteiger partial charge in [0.15, 0.2) is 11.5 Å². The summed E-state index contributed by atoms with van der Waals surface area (Å²) in [5.41, 5.74) is 1.66. The highest BCUT2D eigenvalue weighted by molar-refractivity contribution is 7.98. The molecular formula is C26H30N2O5S2. The van der Waals surface area contributed by atoms with Gasteiger partial charge in [-0.1, -0.05) is 48.5 Å². The van der Waals surface area contributed by atoms with Crippen LogP contribution in [0.2, 0.25) is 0 Å². The third-order valence-corrected chi connectivity index (χ3v) is 8.06. The van der Waals surface area contributed by atoms with Crippen LogP contribution in [0.15, 0.2) is 83.8 Å². The molecule has 0 radical (unpaired) electrons. The number of nitrogens with zero attached hydrogens (tertiary/aromatic N) is 1. The van der Waals surface area contributed by atoms with E-state index >= 15 is 0 Å². The average Bonchev–Trinajstić information content (AvgIpc) is 2.89. The van der Waals surface area contributed by atoms with Crippen molar-refractivity contribution in [3.8, 4) is 11.5 Å². The lowest BCUT2D eigenvalue weighted by Crippen LogP contribution is -2.41. The number of amides is 1. The number of ether oxygens (including phenoxy) is 2. The molecule has 3 rings (SSSR count). The minimum absolute atomic E-state index is 0.00381. The summed E-state index contributed by atoms with van der Waals surface area (Å²) in [6, 6.07) is 23.1. The molecule has 0 bridgehead atoms. The molecule has 3 aromatic carbocycles. The Kier molecular flexibility index (Phi) is 9.86. The van der Waals surface area contributed by atoms with Crippen LogP contribution in [0.4, 0.5) is 5.69 Å². The molecule has 3 aromatic rings. The molecule has 7 nitrogen and oxygen atoms in total. The highest BCUT2D eigenvalue weighted by Gasteiger charge is 2.28. The van der Waals surface area contributed by atoms with E-state index in [-0.39, 0.29) is 17.3 Å². The molecule has 0 unspecified atom stereocenters. The molecule has 0 fully saturated rings. The standard InChI is InChI=1S/C26H30N2O5S2/c1-32-24-15-14-23(18-25(24)33-2)35(30,31)28(22-12-7-4-8-13-22)19-26(29)27-16-9-17-34-20-21-10-5-3-6-11-21/h3-8,10-15,18H,9,16-17,19-20H2,1-2H3,(H,27,29). The number of methoxy groups -OCH3 is 2. The number of anilines is 1. The van der Waals surface area contributed by atoms with Crippen LogP contribution in [0, 0.1) is 0 Å². The maximum atomic E-state index is 13.5. The van der Waals surface area contributed by atoms with Gasteiger partial charge in [0.25, 0.3) is 10.0 Å². The van der Waals surface area contributed by atoms with E-state index in [1.165, 1.54) is 38.0 Å². The van der Waals surface area contributed by atoms with Gasteiger partial charge in [-0.25, -0.2) is 8.42 Å². The van der Waals surface area contributed by atoms with Crippen LogP contribution in [0.25, 0.3) is 0 Å². The second kappa shape index (κ2) is 13.1. The number of benzene rings is 3. The fraction of sp³-hybridized carbons (Fsp3) is 0.269. The molecule has 0 saturated carbocycles. The molecule has 0 heterocycles. The molecule has 35 heavy (non-hydrogen) atoms. The minimum Gasteiger partial charge on any atom is -0.493 e. The lowest BCUT2D eigenvalue weighted by molar-refractivity contribution is -0.119. The molecule has 0 atom stereocenters. The molecule has 0 spiro atoms. The third kappa shape index (κ3) is 7.40. The molecule has 9 heteroatoms. The van der Waals surface area contributed by atoms with E-state index in [2.05, 4.69) is 17.4 Å². The van der Waals surface area contributed by atoms with Gasteiger partial charge in [-0.15, -0.1) is 0 Å². The first-order valence-electron chi connectivity index (χ1n) is 11.1. The second-order valence-corrected chi connectivity index (χ2v) is 10.6. The summed E-state index contributed by atoms with van der Waals surface area (Å²) in [5, 5.41) is 2.84. The van der Waals surface area contributed by atoms with Gasteiger partial charge in [-0.05, 0) is 42.0 Å². The fourth-order valence-corrected chi connectivity index (χ4v) is 5.72. The molecule has 186 valence electrons. The van der Waals surface area contributed by atoms with Gasteiger partial charge in [0.2, 0.25) is 5.91 Å². The Bertz CT molecular complexity index is 1190. The summed E-state index contributed by atoms with van der Waals surface area (Å²) >= 11 is 1.80. The first-order valence-corrected chi connectivity index (χ1v) is 13.7. The van der Waals surface area contributed by atoms with Crippen molar-refractivity contribution < 1.29 is 22.7 Å². The minimum atomic E-state index is -4.04. The lowest BCUT2D eigenvalue weighted by atomic mass is 10.2. The molecule has 0 aliphatic carbocycles. The molecule has 1 amide bonds. The number of nitrogens with one attached hydrogen (secondary N) is 1. The van der Waals surface area contributed by atoms with Gasteiger partial charge < -0.3 is 14.8 Å². The zero-order valence-electron chi connectivity index (χ0n) is 19.8. The summed E-state index contributed by atoms with van der Waals surface area (Å²) in [5.74, 6) is 2.15. The van der Waals surface area contributed by atoms with E-state index < -0.39 is 10.0 Å². The van der Waals surface area contributed by atoms with E-state index in [0.717, 1.165) is 22.2 Å². The molecule has 0 aliphatic rings. The number of carbonyl (C=O) groups excluding carboxylic acids is 1. The third-order valence-electron chi connectivity index (χ3n) is 5.17. The highest BCUT2D eigenvalue weighted by atomic mass is 32.2. The number of rotatable bonds is 13. The normalized spacial score (nSPS) is 11.0. The Morgan fingerprint density at radius 1 is 0.914 bits per heavy atom. The van der Waals surface area contributed by atoms with Gasteiger partial charge in [0.05, 0.1) is 24.8 Å². The Balaban J connectivity index is 1.64. The summed E-state index contributed by atoms with van der Waals surface area (Å²) in [6.45, 7) is 0.136. The number of sulfonamides is 1. The maximum absolute atomic E-state index is 13.5. The number of hydrogen-bond acceptors (Lipinski definition) is 6. The fourth-order valence-electron chi connectivity index (χ4n) is 3.37. The van der Waals surface area contributed by atoms with Crippen molar-refractivity contribution in [2.45, 2.75) is 17.1 Å². The Morgan fingerprint density at radius 3 is 2.23 bits per heavy atom. The van der Waals surface area contributed by atoms with Gasteiger partial charge in [0.1, 0.15) is 6.54 Å². The van der Waals surface area contributed by atoms with Crippen molar-refractivity contribution in [1.82, 2.24) is 5.32 Å². The van der Waals surface area contributed by atoms with Crippen LogP contribution in [0.5, 0.6) is 11.5 Å². The summed E-state index contributed by atoms with van der Waals surface area (Å²) in [7, 11) is -1.13. The van der Waals surface area contributed by atoms with E-state index in [4.69, 9.17) is 9.47 Å². The van der Waals surface area contributed by atoms with E-state index in [1.807, 2.05) is 18.2 Å². The predicted octanol–water partition coefficient (Wildman–Crippen LogP) is 4.34. The number of thioether (sulfide) groups is 1. The average molecular weight is 515 g/mol. The monoisotopic (exact) mass is 514 g/mol. The maximum Gasteiger partial charge on any atom is 0.264 e. The predicted molar refractivity (Wildman–Crippen MR) is 141 cm³/mol. The van der Waals surface area contributed by atoms with Gasteiger partial charge in [-0.3, -0.25) is 9.10 Å². The van der Waals surface area contributed by atoms with Crippen LogP contribution >= 0.6 is 11.8 Å². The summed E-state index contributed by atoms with van der Waals surface area (Å²) in [4.78, 5) is 12.7. The van der Waals surface area contributed by atoms with Crippen LogP contribution in [-0.4, -0.2) is 47.4 Å². The van der Waals surface area contributed by atoms with Crippen LogP contribution in [-0.2, 0) is 20.6 Å². The second-order valence-electron chi connectivity index (χ2n) is 7.61. The summed E-state index contributed by atoms with van der Waals surface area (Å²) < 4.78 is 38.6. The number of para-hydroxylation sites is 1. The Hall–Kier alpha value is -3.17. The molecule has 0 aliphatic heterocycles. The largest absolute Gasteiger partial charge is 0.493 e. The topological polar surface area (TPSA) is 84.9 Å². The molecule has 0 saturated heterocycles. The first kappa shape index (κ1) is 26.4. The number of hydrogen-bond donors (Lipinski definition) is 1. The van der Waals surface area contributed by atoms with Crippen molar-refractivity contribution >= 4 is 33.4 Å². The van der Waals surface area contributed by atoms with Crippen LogP contribution < -0.4 is 19.1 Å². The first-order chi connectivity index (χ1) is 17.0. The quantitative estimate of drug-likeness (QED) is 0.342. The van der Waals surface area contributed by atoms with E-state index in [9.17, 15) is 13.2 Å². The van der Waals surface area contributed by atoms with Crippen molar-refractivity contribution in [3.63, 3.8) is 0 Å². The Labute approximate surface area is 211 Å². The van der Waals surface area contributed by atoms with Crippen molar-refractivity contribution in [3.05, 3.63) is 84.4 Å². The van der Waals surface area contributed by atoms with Crippen LogP contribution in [0.3, 0.4) is 0 Å². The van der Waals surface area contributed by atoms with Gasteiger partial charge >= 0.3 is 0 Å². The SMILES string of the molecule is COc1ccc(S(=O)(=O)N(CC(=O)NCCCSCc2ccccc2)c2ccccc2)cc1OC. The van der Waals surface area contributed by atoms with Crippen molar-refractivity contribution in [2.24, 2.45) is 0 Å². The smallest absolute Gasteiger partial charge is 0.264 e. The van der Waals surface area contributed by atoms with Gasteiger partial charge in [-0.2, -0.15) is 11.8 Å². The van der Waals surface area contributed by atoms with Gasteiger partial charge in [0, 0.05) is 18.4 Å². The molecule has 0 aromatic heterocycles. The summed E-state index contributed by atoms with van der Waals surface area (Å²) in [6.07, 6.45) is 0.789. The Morgan fingerprint density at radius 2 is 1.57 bits per heavy atom. The van der Waals surface area contributed by atoms with Crippen molar-refractivity contribution in [2.75, 3.05) is 37.4 Å². The van der Waals surface area contributed by atoms with Crippen LogP contribution in [0.1, 0.15) is 12.0 Å². The number of carbonyl (C=O) groups is 1. The highest BCUT2D eigenvalue weighted by Crippen LogP contribution is 2.32. The zero-order valence-corrected chi connectivity index (χ0v) is 21.5. The lowest BCUT2D eigenvalue weighted by Gasteiger charge is -2.24.